The maximum Gasteiger partial charge on any atom is 0.0411 e. The fraction of sp³-hybridized carbons (Fsp3) is 0.538. The van der Waals surface area contributed by atoms with E-state index in [1.54, 1.807) is 0 Å². The van der Waals surface area contributed by atoms with E-state index >= 15 is 0 Å². The van der Waals surface area contributed by atoms with Gasteiger partial charge in [-0.1, -0.05) is 24.1 Å². The summed E-state index contributed by atoms with van der Waals surface area (Å²) >= 11 is 0. The third-order valence-electron chi connectivity index (χ3n) is 3.38. The molecule has 1 aromatic rings. The van der Waals surface area contributed by atoms with Crippen molar-refractivity contribution in [2.75, 3.05) is 11.9 Å². The summed E-state index contributed by atoms with van der Waals surface area (Å²) in [6.45, 7) is 2.84. The fourth-order valence-corrected chi connectivity index (χ4v) is 2.08. The summed E-state index contributed by atoms with van der Waals surface area (Å²) in [5.41, 5.74) is 8.30. The highest BCUT2D eigenvalue weighted by Crippen LogP contribution is 2.30. The average molecular weight is 204 g/mol. The van der Waals surface area contributed by atoms with Gasteiger partial charge in [-0.2, -0.15) is 0 Å². The van der Waals surface area contributed by atoms with Crippen molar-refractivity contribution >= 4 is 5.69 Å². The van der Waals surface area contributed by atoms with E-state index in [1.807, 2.05) is 0 Å². The van der Waals surface area contributed by atoms with Crippen molar-refractivity contribution in [3.05, 3.63) is 29.8 Å². The Morgan fingerprint density at radius 1 is 1.33 bits per heavy atom. The molecule has 3 N–H and O–H groups in total. The number of nitrogens with one attached hydrogen (secondary N) is 1. The fourth-order valence-electron chi connectivity index (χ4n) is 2.08. The number of aryl methyl sites for hydroxylation is 1. The molecule has 0 spiro atoms. The van der Waals surface area contributed by atoms with E-state index in [4.69, 9.17) is 5.73 Å². The van der Waals surface area contributed by atoms with E-state index in [0.29, 0.717) is 6.04 Å². The Bertz CT molecular complexity index is 301. The maximum absolute atomic E-state index is 5.80. The molecule has 2 rings (SSSR count). The van der Waals surface area contributed by atoms with Gasteiger partial charge in [0.15, 0.2) is 0 Å². The first-order valence-corrected chi connectivity index (χ1v) is 5.83. The molecule has 0 saturated heterocycles. The van der Waals surface area contributed by atoms with Crippen molar-refractivity contribution in [3.8, 4) is 0 Å². The molecule has 0 aliphatic heterocycles. The van der Waals surface area contributed by atoms with E-state index in [2.05, 4.69) is 36.5 Å². The lowest BCUT2D eigenvalue weighted by molar-refractivity contribution is 0.277. The van der Waals surface area contributed by atoms with E-state index in [9.17, 15) is 0 Å². The van der Waals surface area contributed by atoms with Crippen LogP contribution >= 0.6 is 0 Å². The Kier molecular flexibility index (Phi) is 3.27. The largest absolute Gasteiger partial charge is 0.381 e. The quantitative estimate of drug-likeness (QED) is 0.791. The van der Waals surface area contributed by atoms with Gasteiger partial charge in [-0.15, -0.1) is 0 Å². The molecule has 1 atom stereocenters. The van der Waals surface area contributed by atoms with Gasteiger partial charge in [0.25, 0.3) is 0 Å². The SMILES string of the molecule is Cc1ccc(NC(CN)C2CCC2)cc1. The van der Waals surface area contributed by atoms with Crippen molar-refractivity contribution in [1.29, 1.82) is 0 Å². The lowest BCUT2D eigenvalue weighted by atomic mass is 9.79. The smallest absolute Gasteiger partial charge is 0.0411 e. The topological polar surface area (TPSA) is 38.0 Å². The van der Waals surface area contributed by atoms with Crippen LogP contribution in [0.1, 0.15) is 24.8 Å². The highest BCUT2D eigenvalue weighted by molar-refractivity contribution is 5.45. The molecule has 2 heteroatoms. The maximum atomic E-state index is 5.80. The van der Waals surface area contributed by atoms with Crippen LogP contribution < -0.4 is 11.1 Å². The Morgan fingerprint density at radius 2 is 2.00 bits per heavy atom. The normalized spacial score (nSPS) is 18.3. The van der Waals surface area contributed by atoms with Gasteiger partial charge in [0.2, 0.25) is 0 Å². The van der Waals surface area contributed by atoms with Gasteiger partial charge in [0.1, 0.15) is 0 Å². The van der Waals surface area contributed by atoms with Crippen LogP contribution in [0.25, 0.3) is 0 Å². The summed E-state index contributed by atoms with van der Waals surface area (Å²) in [5.74, 6) is 0.788. The second-order valence-electron chi connectivity index (χ2n) is 4.54. The zero-order chi connectivity index (χ0) is 10.7. The van der Waals surface area contributed by atoms with Crippen LogP contribution in [0.2, 0.25) is 0 Å². The molecular weight excluding hydrogens is 184 g/mol. The molecule has 0 amide bonds. The lowest BCUT2D eigenvalue weighted by Gasteiger charge is -2.34. The van der Waals surface area contributed by atoms with Crippen molar-refractivity contribution in [3.63, 3.8) is 0 Å². The standard InChI is InChI=1S/C13H20N2/c1-10-5-7-12(8-6-10)15-13(9-14)11-3-2-4-11/h5-8,11,13,15H,2-4,9,14H2,1H3. The van der Waals surface area contributed by atoms with Crippen molar-refractivity contribution < 1.29 is 0 Å². The van der Waals surface area contributed by atoms with E-state index in [0.717, 1.165) is 12.5 Å². The number of rotatable bonds is 4. The van der Waals surface area contributed by atoms with Crippen LogP contribution in [-0.2, 0) is 0 Å². The Balaban J connectivity index is 1.96. The molecule has 82 valence electrons. The van der Waals surface area contributed by atoms with Gasteiger partial charge in [-0.3, -0.25) is 0 Å². The number of anilines is 1. The summed E-state index contributed by atoms with van der Waals surface area (Å²) < 4.78 is 0. The zero-order valence-corrected chi connectivity index (χ0v) is 9.37. The van der Waals surface area contributed by atoms with Crippen LogP contribution in [0, 0.1) is 12.8 Å². The van der Waals surface area contributed by atoms with E-state index in [1.165, 1.54) is 30.5 Å². The number of nitrogens with two attached hydrogens (primary N) is 1. The van der Waals surface area contributed by atoms with Crippen molar-refractivity contribution in [1.82, 2.24) is 0 Å². The lowest BCUT2D eigenvalue weighted by Crippen LogP contribution is -2.39. The van der Waals surface area contributed by atoms with E-state index < -0.39 is 0 Å². The van der Waals surface area contributed by atoms with Crippen LogP contribution in [0.4, 0.5) is 5.69 Å². The molecule has 1 unspecified atom stereocenters. The number of hydrogen-bond acceptors (Lipinski definition) is 2. The summed E-state index contributed by atoms with van der Waals surface area (Å²) in [6, 6.07) is 9.00. The minimum atomic E-state index is 0.460. The van der Waals surface area contributed by atoms with Gasteiger partial charge in [-0.05, 0) is 37.8 Å². The molecule has 0 bridgehead atoms. The molecular formula is C13H20N2. The third-order valence-corrected chi connectivity index (χ3v) is 3.38. The average Bonchev–Trinajstić information content (AvgIpc) is 2.17. The Labute approximate surface area is 91.9 Å². The van der Waals surface area contributed by atoms with Crippen molar-refractivity contribution in [2.24, 2.45) is 11.7 Å². The number of benzene rings is 1. The van der Waals surface area contributed by atoms with Crippen molar-refractivity contribution in [2.45, 2.75) is 32.2 Å². The third kappa shape index (κ3) is 2.51. The molecule has 0 heterocycles. The summed E-state index contributed by atoms with van der Waals surface area (Å²) in [7, 11) is 0. The number of hydrogen-bond donors (Lipinski definition) is 2. The monoisotopic (exact) mass is 204 g/mol. The summed E-state index contributed by atoms with van der Waals surface area (Å²) in [5, 5.41) is 3.53. The second kappa shape index (κ2) is 4.67. The van der Waals surface area contributed by atoms with Crippen LogP contribution in [0.15, 0.2) is 24.3 Å². The first kappa shape index (κ1) is 10.5. The second-order valence-corrected chi connectivity index (χ2v) is 4.54. The first-order chi connectivity index (χ1) is 7.29. The summed E-state index contributed by atoms with van der Waals surface area (Å²) in [4.78, 5) is 0. The van der Waals surface area contributed by atoms with Gasteiger partial charge in [-0.25, -0.2) is 0 Å². The zero-order valence-electron chi connectivity index (χ0n) is 9.37. The molecule has 1 fully saturated rings. The molecule has 1 aliphatic carbocycles. The molecule has 15 heavy (non-hydrogen) atoms. The minimum Gasteiger partial charge on any atom is -0.381 e. The Morgan fingerprint density at radius 3 is 2.47 bits per heavy atom. The molecule has 1 aliphatic rings. The van der Waals surface area contributed by atoms with Crippen LogP contribution in [0.3, 0.4) is 0 Å². The highest BCUT2D eigenvalue weighted by atomic mass is 14.9. The predicted molar refractivity (Wildman–Crippen MR) is 65.0 cm³/mol. The van der Waals surface area contributed by atoms with Gasteiger partial charge in [0.05, 0.1) is 0 Å². The molecule has 2 nitrogen and oxygen atoms in total. The first-order valence-electron chi connectivity index (χ1n) is 5.83. The Hall–Kier alpha value is -1.02. The van der Waals surface area contributed by atoms with Crippen LogP contribution in [-0.4, -0.2) is 12.6 Å². The minimum absolute atomic E-state index is 0.460. The molecule has 1 saturated carbocycles. The van der Waals surface area contributed by atoms with Gasteiger partial charge >= 0.3 is 0 Å². The van der Waals surface area contributed by atoms with Gasteiger partial charge in [0, 0.05) is 18.3 Å². The molecule has 1 aromatic carbocycles. The predicted octanol–water partition coefficient (Wildman–Crippen LogP) is 2.53. The summed E-state index contributed by atoms with van der Waals surface area (Å²) in [6.07, 6.45) is 4.04. The molecule has 0 radical (unpaired) electrons. The molecule has 0 aromatic heterocycles. The van der Waals surface area contributed by atoms with E-state index in [-0.39, 0.29) is 0 Å². The van der Waals surface area contributed by atoms with Crippen LogP contribution in [0.5, 0.6) is 0 Å². The highest BCUT2D eigenvalue weighted by Gasteiger charge is 2.25. The van der Waals surface area contributed by atoms with Gasteiger partial charge < -0.3 is 11.1 Å².